The number of nitrogens with zero attached hydrogens (tertiary/aromatic N) is 1. The number of piperidine rings is 1. The minimum Gasteiger partial charge on any atom is -0.497 e. The summed E-state index contributed by atoms with van der Waals surface area (Å²) < 4.78 is 32.9. The van der Waals surface area contributed by atoms with E-state index in [-0.39, 0.29) is 41.8 Å². The molecule has 2 aliphatic rings. The van der Waals surface area contributed by atoms with E-state index in [2.05, 4.69) is 10.0 Å². The number of ether oxygens (including phenoxy) is 1. The Morgan fingerprint density at radius 3 is 2.67 bits per heavy atom. The maximum Gasteiger partial charge on any atom is 0.262 e. The summed E-state index contributed by atoms with van der Waals surface area (Å²) in [5.41, 5.74) is 1.25. The van der Waals surface area contributed by atoms with Crippen LogP contribution < -0.4 is 14.8 Å². The third-order valence-corrected chi connectivity index (χ3v) is 6.51. The number of sulfonamides is 1. The number of carbonyl (C=O) groups excluding carboxylic acids is 3. The number of nitrogens with one attached hydrogen (secondary N) is 2. The molecule has 156 valence electrons. The van der Waals surface area contributed by atoms with E-state index in [4.69, 9.17) is 4.74 Å². The van der Waals surface area contributed by atoms with Crippen LogP contribution in [0.5, 0.6) is 5.75 Å². The van der Waals surface area contributed by atoms with Crippen molar-refractivity contribution >= 4 is 33.4 Å². The molecule has 9 nitrogen and oxygen atoms in total. The maximum absolute atomic E-state index is 12.9. The van der Waals surface area contributed by atoms with Gasteiger partial charge in [-0.3, -0.25) is 24.4 Å². The number of hydrogen-bond acceptors (Lipinski definition) is 6. The largest absolute Gasteiger partial charge is 0.497 e. The fourth-order valence-corrected chi connectivity index (χ4v) is 4.68. The van der Waals surface area contributed by atoms with Crippen molar-refractivity contribution < 1.29 is 27.5 Å². The molecule has 0 spiro atoms. The molecule has 3 amide bonds. The molecule has 1 saturated heterocycles. The first kappa shape index (κ1) is 19.9. The van der Waals surface area contributed by atoms with Crippen LogP contribution in [0.2, 0.25) is 0 Å². The number of amides is 3. The molecule has 0 aliphatic carbocycles. The zero-order valence-electron chi connectivity index (χ0n) is 16.0. The monoisotopic (exact) mass is 429 g/mol. The first-order chi connectivity index (χ1) is 14.3. The molecule has 10 heteroatoms. The zero-order valence-corrected chi connectivity index (χ0v) is 16.9. The number of hydrogen-bond donors (Lipinski definition) is 2. The van der Waals surface area contributed by atoms with Crippen LogP contribution in [0.4, 0.5) is 5.69 Å². The van der Waals surface area contributed by atoms with Crippen LogP contribution in [-0.2, 0) is 26.2 Å². The summed E-state index contributed by atoms with van der Waals surface area (Å²) in [4.78, 5) is 37.8. The van der Waals surface area contributed by atoms with Crippen LogP contribution in [0.25, 0.3) is 0 Å². The van der Waals surface area contributed by atoms with Gasteiger partial charge < -0.3 is 9.64 Å². The van der Waals surface area contributed by atoms with Gasteiger partial charge in [0.05, 0.1) is 12.0 Å². The van der Waals surface area contributed by atoms with E-state index >= 15 is 0 Å². The minimum absolute atomic E-state index is 0.0267. The van der Waals surface area contributed by atoms with Crippen molar-refractivity contribution in [3.63, 3.8) is 0 Å². The summed E-state index contributed by atoms with van der Waals surface area (Å²) in [7, 11) is -2.44. The van der Waals surface area contributed by atoms with Crippen LogP contribution in [0.3, 0.4) is 0 Å². The normalized spacial score (nSPS) is 18.8. The van der Waals surface area contributed by atoms with Crippen molar-refractivity contribution in [3.05, 3.63) is 53.6 Å². The molecule has 0 aromatic heterocycles. The predicted octanol–water partition coefficient (Wildman–Crippen LogP) is 1.26. The highest BCUT2D eigenvalue weighted by molar-refractivity contribution is 7.92. The van der Waals surface area contributed by atoms with Gasteiger partial charge in [-0.1, -0.05) is 12.1 Å². The lowest BCUT2D eigenvalue weighted by molar-refractivity contribution is -0.136. The second kappa shape index (κ2) is 7.45. The average molecular weight is 429 g/mol. The standard InChI is InChI=1S/C20H19N3O6S/c1-29-14-3-2-4-15(10-14)30(27,28)22-13-6-5-12-11-23(20(26)16(12)9-13)17-7-8-18(24)21-19(17)25/h2-6,9-10,17,22H,7-8,11H2,1H3,(H,21,24,25). The smallest absolute Gasteiger partial charge is 0.262 e. The summed E-state index contributed by atoms with van der Waals surface area (Å²) in [6.07, 6.45) is 0.432. The zero-order chi connectivity index (χ0) is 21.5. The molecule has 1 fully saturated rings. The topological polar surface area (TPSA) is 122 Å². The Labute approximate surface area is 173 Å². The molecule has 0 bridgehead atoms. The lowest BCUT2D eigenvalue weighted by Crippen LogP contribution is -2.52. The molecule has 2 aromatic carbocycles. The van der Waals surface area contributed by atoms with Gasteiger partial charge in [0.15, 0.2) is 0 Å². The van der Waals surface area contributed by atoms with Crippen LogP contribution in [0.1, 0.15) is 28.8 Å². The molecule has 2 heterocycles. The summed E-state index contributed by atoms with van der Waals surface area (Å²) in [5, 5.41) is 2.25. The molecular formula is C20H19N3O6S. The summed E-state index contributed by atoms with van der Waals surface area (Å²) >= 11 is 0. The van der Waals surface area contributed by atoms with Gasteiger partial charge in [0, 0.05) is 30.3 Å². The molecule has 1 atom stereocenters. The van der Waals surface area contributed by atoms with E-state index in [1.54, 1.807) is 24.3 Å². The Morgan fingerprint density at radius 2 is 1.93 bits per heavy atom. The molecule has 0 saturated carbocycles. The van der Waals surface area contributed by atoms with Gasteiger partial charge in [0.25, 0.3) is 15.9 Å². The lowest BCUT2D eigenvalue weighted by atomic mass is 10.0. The lowest BCUT2D eigenvalue weighted by Gasteiger charge is -2.29. The van der Waals surface area contributed by atoms with Gasteiger partial charge >= 0.3 is 0 Å². The molecule has 1 unspecified atom stereocenters. The van der Waals surface area contributed by atoms with Crippen molar-refractivity contribution in [2.24, 2.45) is 0 Å². The molecule has 0 radical (unpaired) electrons. The van der Waals surface area contributed by atoms with E-state index in [0.717, 1.165) is 0 Å². The van der Waals surface area contributed by atoms with Crippen LogP contribution in [-0.4, -0.2) is 44.2 Å². The van der Waals surface area contributed by atoms with Gasteiger partial charge in [-0.2, -0.15) is 0 Å². The van der Waals surface area contributed by atoms with Crippen molar-refractivity contribution in [1.29, 1.82) is 0 Å². The van der Waals surface area contributed by atoms with Crippen LogP contribution in [0.15, 0.2) is 47.4 Å². The number of rotatable bonds is 5. The van der Waals surface area contributed by atoms with E-state index in [1.165, 1.54) is 30.2 Å². The van der Waals surface area contributed by atoms with Crippen molar-refractivity contribution in [2.45, 2.75) is 30.3 Å². The minimum atomic E-state index is -3.89. The Kier molecular flexibility index (Phi) is 4.94. The third kappa shape index (κ3) is 3.61. The van der Waals surface area contributed by atoms with Gasteiger partial charge in [-0.05, 0) is 36.2 Å². The van der Waals surface area contributed by atoms with E-state index in [1.807, 2.05) is 0 Å². The molecule has 2 aromatic rings. The fourth-order valence-electron chi connectivity index (χ4n) is 3.60. The Bertz CT molecular complexity index is 1160. The molecule has 2 N–H and O–H groups in total. The molecular weight excluding hydrogens is 410 g/mol. The van der Waals surface area contributed by atoms with Crippen molar-refractivity contribution in [1.82, 2.24) is 10.2 Å². The number of imide groups is 1. The predicted molar refractivity (Wildman–Crippen MR) is 106 cm³/mol. The van der Waals surface area contributed by atoms with E-state index in [0.29, 0.717) is 16.9 Å². The first-order valence-corrected chi connectivity index (χ1v) is 10.7. The van der Waals surface area contributed by atoms with E-state index in [9.17, 15) is 22.8 Å². The van der Waals surface area contributed by atoms with Gasteiger partial charge in [0.2, 0.25) is 11.8 Å². The highest BCUT2D eigenvalue weighted by atomic mass is 32.2. The highest BCUT2D eigenvalue weighted by Gasteiger charge is 2.39. The van der Waals surface area contributed by atoms with Crippen molar-refractivity contribution in [3.8, 4) is 5.75 Å². The Morgan fingerprint density at radius 1 is 1.13 bits per heavy atom. The second-order valence-electron chi connectivity index (χ2n) is 7.06. The van der Waals surface area contributed by atoms with Crippen molar-refractivity contribution in [2.75, 3.05) is 11.8 Å². The maximum atomic E-state index is 12.9. The molecule has 2 aliphatic heterocycles. The van der Waals surface area contributed by atoms with Crippen LogP contribution >= 0.6 is 0 Å². The average Bonchev–Trinajstić information content (AvgIpc) is 3.04. The Hall–Kier alpha value is -3.40. The third-order valence-electron chi connectivity index (χ3n) is 5.13. The summed E-state index contributed by atoms with van der Waals surface area (Å²) in [5.74, 6) is -0.815. The van der Waals surface area contributed by atoms with Gasteiger partial charge in [-0.15, -0.1) is 0 Å². The summed E-state index contributed by atoms with van der Waals surface area (Å²) in [6.45, 7) is 0.226. The first-order valence-electron chi connectivity index (χ1n) is 9.23. The molecule has 30 heavy (non-hydrogen) atoms. The highest BCUT2D eigenvalue weighted by Crippen LogP contribution is 2.30. The van der Waals surface area contributed by atoms with Gasteiger partial charge in [-0.25, -0.2) is 8.42 Å². The van der Waals surface area contributed by atoms with E-state index < -0.39 is 22.0 Å². The van der Waals surface area contributed by atoms with Crippen LogP contribution in [0, 0.1) is 0 Å². The number of methoxy groups -OCH3 is 1. The second-order valence-corrected chi connectivity index (χ2v) is 8.74. The summed E-state index contributed by atoms with van der Waals surface area (Å²) in [6, 6.07) is 9.99. The molecule has 4 rings (SSSR count). The number of anilines is 1. The SMILES string of the molecule is COc1cccc(S(=O)(=O)Nc2ccc3c(c2)C(=O)N(C2CCC(=O)NC2=O)C3)c1. The quantitative estimate of drug-likeness (QED) is 0.690. The fraction of sp³-hybridized carbons (Fsp3) is 0.250. The number of fused-ring (bicyclic) bond motifs is 1. The Balaban J connectivity index is 1.56. The number of carbonyl (C=O) groups is 3. The number of benzene rings is 2. The van der Waals surface area contributed by atoms with Gasteiger partial charge in [0.1, 0.15) is 11.8 Å².